The molecule has 15 heteroatoms. The van der Waals surface area contributed by atoms with Gasteiger partial charge in [0.15, 0.2) is 5.83 Å². The van der Waals surface area contributed by atoms with Gasteiger partial charge in [0.1, 0.15) is 0 Å². The summed E-state index contributed by atoms with van der Waals surface area (Å²) in [5.74, 6) is -2.26. The van der Waals surface area contributed by atoms with E-state index in [-0.39, 0.29) is 6.92 Å². The van der Waals surface area contributed by atoms with E-state index in [1.807, 2.05) is 0 Å². The molecule has 0 saturated carbocycles. The molecule has 0 N–H and O–H groups in total. The quantitative estimate of drug-likeness (QED) is 0.391. The number of alkyl halides is 11. The lowest BCUT2D eigenvalue weighted by Crippen LogP contribution is -2.66. The van der Waals surface area contributed by atoms with Crippen LogP contribution < -0.4 is 0 Å². The highest BCUT2D eigenvalue weighted by Gasteiger charge is 2.78. The fourth-order valence-electron chi connectivity index (χ4n) is 1.08. The largest absolute Gasteiger partial charge is 0.438 e. The highest BCUT2D eigenvalue weighted by molar-refractivity contribution is 5.00. The topological polar surface area (TPSA) is 18.5 Å². The van der Waals surface area contributed by atoms with Gasteiger partial charge >= 0.3 is 30.6 Å². The first-order chi connectivity index (χ1) is 11.0. The Morgan fingerprint density at radius 1 is 0.654 bits per heavy atom. The van der Waals surface area contributed by atoms with Crippen LogP contribution in [0.5, 0.6) is 0 Å². The maximum absolute atomic E-state index is 13.5. The van der Waals surface area contributed by atoms with Crippen LogP contribution in [0.2, 0.25) is 0 Å². The van der Waals surface area contributed by atoms with E-state index in [1.54, 1.807) is 0 Å². The number of hydrogen-bond donors (Lipinski definition) is 0. The summed E-state index contributed by atoms with van der Waals surface area (Å²) in [5, 5.41) is 0. The van der Waals surface area contributed by atoms with Gasteiger partial charge < -0.3 is 4.74 Å². The van der Waals surface area contributed by atoms with Crippen molar-refractivity contribution >= 4 is 0 Å². The molecule has 0 aliphatic heterocycles. The van der Waals surface area contributed by atoms with Crippen molar-refractivity contribution < 1.29 is 66.5 Å². The molecule has 0 amide bonds. The second kappa shape index (κ2) is 6.64. The predicted octanol–water partition coefficient (Wildman–Crippen LogP) is 5.94. The lowest BCUT2D eigenvalue weighted by atomic mass is 10.0. The van der Waals surface area contributed by atoms with Crippen molar-refractivity contribution in [1.82, 2.24) is 0 Å². The van der Waals surface area contributed by atoms with Crippen LogP contribution in [0.25, 0.3) is 0 Å². The molecule has 0 radical (unpaired) electrons. The summed E-state index contributed by atoms with van der Waals surface area (Å²) in [5.41, 5.74) is -11.6. The Bertz CT molecular complexity index is 541. The Balaban J connectivity index is 6.27. The van der Waals surface area contributed by atoms with Crippen molar-refractivity contribution in [3.63, 3.8) is 0 Å². The SMILES string of the molecule is C/C(F)=C(\F)OC(F)(F)C(C)(OC(F)(F)C(C)(F)C(F)(F)F)C(F)(F)F. The van der Waals surface area contributed by atoms with Crippen molar-refractivity contribution in [2.75, 3.05) is 0 Å². The Hall–Kier alpha value is -1.41. The van der Waals surface area contributed by atoms with Crippen molar-refractivity contribution in [3.05, 3.63) is 11.8 Å². The standard InChI is InChI=1S/C11H9F13O2/c1-4(12)5(13)25-11(23,24)7(3,9(18,19)20)26-10(21,22)6(2,14)8(15,16)17/h1-3H3/b5-4-. The first kappa shape index (κ1) is 24.6. The zero-order chi connectivity index (χ0) is 21.6. The number of halogens is 13. The third-order valence-electron chi connectivity index (χ3n) is 3.00. The van der Waals surface area contributed by atoms with Crippen LogP contribution in [0, 0.1) is 0 Å². The summed E-state index contributed by atoms with van der Waals surface area (Å²) in [6.07, 6.45) is -26.0. The Morgan fingerprint density at radius 3 is 1.31 bits per heavy atom. The molecule has 0 fully saturated rings. The number of rotatable bonds is 6. The van der Waals surface area contributed by atoms with Crippen LogP contribution in [0.1, 0.15) is 20.8 Å². The van der Waals surface area contributed by atoms with E-state index in [2.05, 4.69) is 9.47 Å². The van der Waals surface area contributed by atoms with Crippen LogP contribution in [0.4, 0.5) is 57.1 Å². The van der Waals surface area contributed by atoms with E-state index in [0.717, 1.165) is 0 Å². The van der Waals surface area contributed by atoms with Gasteiger partial charge in [0.25, 0.3) is 11.3 Å². The summed E-state index contributed by atoms with van der Waals surface area (Å²) in [7, 11) is 0. The molecule has 0 bridgehead atoms. The lowest BCUT2D eigenvalue weighted by Gasteiger charge is -2.41. The summed E-state index contributed by atoms with van der Waals surface area (Å²) in [6, 6.07) is -3.00. The van der Waals surface area contributed by atoms with Crippen LogP contribution >= 0.6 is 0 Å². The van der Waals surface area contributed by atoms with Gasteiger partial charge in [0.2, 0.25) is 0 Å². The van der Waals surface area contributed by atoms with Gasteiger partial charge in [-0.05, 0) is 20.8 Å². The Labute approximate surface area is 136 Å². The van der Waals surface area contributed by atoms with Gasteiger partial charge in [-0.1, -0.05) is 0 Å². The molecule has 0 heterocycles. The maximum Gasteiger partial charge on any atom is 0.438 e. The third kappa shape index (κ3) is 4.28. The van der Waals surface area contributed by atoms with Crippen LogP contribution in [0.3, 0.4) is 0 Å². The number of hydrogen-bond acceptors (Lipinski definition) is 2. The first-order valence-corrected chi connectivity index (χ1v) is 6.02. The molecular weight excluding hydrogens is 411 g/mol. The van der Waals surface area contributed by atoms with E-state index in [4.69, 9.17) is 0 Å². The molecule has 2 atom stereocenters. The molecule has 0 saturated heterocycles. The molecule has 156 valence electrons. The zero-order valence-corrected chi connectivity index (χ0v) is 12.7. The molecule has 2 unspecified atom stereocenters. The van der Waals surface area contributed by atoms with Gasteiger partial charge in [-0.2, -0.15) is 48.3 Å². The Morgan fingerprint density at radius 2 is 1.04 bits per heavy atom. The van der Waals surface area contributed by atoms with Gasteiger partial charge in [0, 0.05) is 0 Å². The summed E-state index contributed by atoms with van der Waals surface area (Å²) in [4.78, 5) is 0. The third-order valence-corrected chi connectivity index (χ3v) is 3.00. The van der Waals surface area contributed by atoms with Crippen LogP contribution in [-0.2, 0) is 9.47 Å². The van der Waals surface area contributed by atoms with E-state index >= 15 is 0 Å². The minimum atomic E-state index is -6.66. The second-order valence-corrected chi connectivity index (χ2v) is 5.08. The minimum Gasteiger partial charge on any atom is -0.402 e. The van der Waals surface area contributed by atoms with Crippen molar-refractivity contribution in [2.24, 2.45) is 0 Å². The second-order valence-electron chi connectivity index (χ2n) is 5.08. The first-order valence-electron chi connectivity index (χ1n) is 6.02. The molecule has 0 aromatic rings. The lowest BCUT2D eigenvalue weighted by molar-refractivity contribution is -0.481. The van der Waals surface area contributed by atoms with Gasteiger partial charge in [0.05, 0.1) is 0 Å². The summed E-state index contributed by atoms with van der Waals surface area (Å²) >= 11 is 0. The highest BCUT2D eigenvalue weighted by atomic mass is 19.4. The van der Waals surface area contributed by atoms with E-state index in [1.165, 1.54) is 0 Å². The maximum atomic E-state index is 13.5. The summed E-state index contributed by atoms with van der Waals surface area (Å²) < 4.78 is 173. The molecular formula is C11H9F13O2. The van der Waals surface area contributed by atoms with Crippen LogP contribution in [-0.4, -0.2) is 35.8 Å². The fourth-order valence-corrected chi connectivity index (χ4v) is 1.08. The fraction of sp³-hybridized carbons (Fsp3) is 0.818. The van der Waals surface area contributed by atoms with E-state index < -0.39 is 61.5 Å². The molecule has 0 aromatic heterocycles. The predicted molar refractivity (Wildman–Crippen MR) is 57.0 cm³/mol. The van der Waals surface area contributed by atoms with Gasteiger partial charge in [-0.25, -0.2) is 8.78 Å². The summed E-state index contributed by atoms with van der Waals surface area (Å²) in [6.45, 7) is -1.86. The molecule has 2 nitrogen and oxygen atoms in total. The van der Waals surface area contributed by atoms with E-state index in [9.17, 15) is 57.1 Å². The average molecular weight is 420 g/mol. The minimum absolute atomic E-state index is 0.0775. The molecule has 0 rings (SSSR count). The van der Waals surface area contributed by atoms with Crippen molar-refractivity contribution in [3.8, 4) is 0 Å². The molecule has 0 aromatic carbocycles. The number of allylic oxidation sites excluding steroid dienone is 1. The van der Waals surface area contributed by atoms with Crippen molar-refractivity contribution in [1.29, 1.82) is 0 Å². The Kier molecular flexibility index (Phi) is 6.28. The molecule has 0 aliphatic rings. The highest BCUT2D eigenvalue weighted by Crippen LogP contribution is 2.53. The molecule has 26 heavy (non-hydrogen) atoms. The molecule has 0 aliphatic carbocycles. The van der Waals surface area contributed by atoms with Gasteiger partial charge in [-0.3, -0.25) is 4.74 Å². The normalized spacial score (nSPS) is 20.2. The smallest absolute Gasteiger partial charge is 0.402 e. The van der Waals surface area contributed by atoms with E-state index in [0.29, 0.717) is 0 Å². The zero-order valence-electron chi connectivity index (χ0n) is 12.7. The monoisotopic (exact) mass is 420 g/mol. The molecule has 0 spiro atoms. The van der Waals surface area contributed by atoms with Crippen molar-refractivity contribution in [2.45, 2.75) is 56.6 Å². The van der Waals surface area contributed by atoms with Gasteiger partial charge in [-0.15, -0.1) is 0 Å². The number of ether oxygens (including phenoxy) is 2. The van der Waals surface area contributed by atoms with Crippen LogP contribution in [0.15, 0.2) is 11.8 Å². The average Bonchev–Trinajstić information content (AvgIpc) is 2.34.